The molecule has 8 heteroatoms. The Balaban J connectivity index is 1.98. The van der Waals surface area contributed by atoms with E-state index in [1.165, 1.54) is 0 Å². The first-order chi connectivity index (χ1) is 12.8. The highest BCUT2D eigenvalue weighted by Gasteiger charge is 2.40. The van der Waals surface area contributed by atoms with E-state index < -0.39 is 35.5 Å². The summed E-state index contributed by atoms with van der Waals surface area (Å²) in [5, 5.41) is 3.68. The number of hydrogen-bond acceptors (Lipinski definition) is 3. The van der Waals surface area contributed by atoms with Crippen molar-refractivity contribution in [2.75, 3.05) is 0 Å². The van der Waals surface area contributed by atoms with E-state index in [4.69, 9.17) is 0 Å². The van der Waals surface area contributed by atoms with Crippen LogP contribution in [-0.4, -0.2) is 21.3 Å². The van der Waals surface area contributed by atoms with Gasteiger partial charge in [0.05, 0.1) is 17.4 Å². The van der Waals surface area contributed by atoms with Gasteiger partial charge in [-0.3, -0.25) is 9.59 Å². The van der Waals surface area contributed by atoms with Crippen LogP contribution in [0.3, 0.4) is 0 Å². The van der Waals surface area contributed by atoms with E-state index in [1.54, 1.807) is 6.08 Å². The minimum Gasteiger partial charge on any atom is -0.295 e. The second-order valence-electron chi connectivity index (χ2n) is 6.29. The van der Waals surface area contributed by atoms with Crippen LogP contribution < -0.4 is 0 Å². The van der Waals surface area contributed by atoms with Gasteiger partial charge >= 0.3 is 6.18 Å². The lowest BCUT2D eigenvalue weighted by Gasteiger charge is -2.12. The zero-order valence-electron chi connectivity index (χ0n) is 14.2. The highest BCUT2D eigenvalue weighted by molar-refractivity contribution is 6.06. The van der Waals surface area contributed by atoms with Gasteiger partial charge in [-0.2, -0.15) is 18.3 Å². The largest absolute Gasteiger partial charge is 0.434 e. The summed E-state index contributed by atoms with van der Waals surface area (Å²) >= 11 is 0. The highest BCUT2D eigenvalue weighted by Crippen LogP contribution is 2.34. The number of rotatable bonds is 4. The average molecular weight is 380 g/mol. The molecule has 1 aliphatic rings. The molecule has 0 fully saturated rings. The van der Waals surface area contributed by atoms with E-state index in [-0.39, 0.29) is 17.0 Å². The van der Waals surface area contributed by atoms with Gasteiger partial charge in [-0.1, -0.05) is 6.08 Å². The molecule has 0 spiro atoms. The van der Waals surface area contributed by atoms with E-state index >= 15 is 0 Å². The molecular weight excluding hydrogens is 364 g/mol. The number of ketones is 2. The molecule has 0 atom stereocenters. The Morgan fingerprint density at radius 2 is 1.85 bits per heavy atom. The molecule has 0 aliphatic heterocycles. The molecule has 0 saturated heterocycles. The van der Waals surface area contributed by atoms with Gasteiger partial charge in [0.1, 0.15) is 5.82 Å². The monoisotopic (exact) mass is 380 g/mol. The number of nitrogens with zero attached hydrogens (tertiary/aromatic N) is 2. The lowest BCUT2D eigenvalue weighted by Crippen LogP contribution is -2.18. The molecule has 1 heterocycles. The lowest BCUT2D eigenvalue weighted by molar-refractivity contribution is -0.143. The second kappa shape index (κ2) is 7.46. The molecule has 1 aliphatic carbocycles. The second-order valence-corrected chi connectivity index (χ2v) is 6.29. The predicted molar refractivity (Wildman–Crippen MR) is 89.0 cm³/mol. The van der Waals surface area contributed by atoms with Crippen molar-refractivity contribution < 1.29 is 27.2 Å². The Hall–Kier alpha value is -2.77. The van der Waals surface area contributed by atoms with E-state index in [1.807, 2.05) is 0 Å². The van der Waals surface area contributed by atoms with Crippen molar-refractivity contribution in [2.45, 2.75) is 38.3 Å². The van der Waals surface area contributed by atoms with Crippen LogP contribution in [0.4, 0.5) is 17.6 Å². The van der Waals surface area contributed by atoms with Crippen LogP contribution in [-0.2, 0) is 11.0 Å². The average Bonchev–Trinajstić information content (AvgIpc) is 2.97. The van der Waals surface area contributed by atoms with Crippen molar-refractivity contribution in [3.63, 3.8) is 0 Å². The van der Waals surface area contributed by atoms with Gasteiger partial charge in [0.25, 0.3) is 0 Å². The third kappa shape index (κ3) is 4.15. The zero-order chi connectivity index (χ0) is 19.6. The number of allylic oxidation sites excluding steroid dienone is 2. The van der Waals surface area contributed by atoms with Crippen molar-refractivity contribution in [1.29, 1.82) is 0 Å². The molecule has 4 nitrogen and oxygen atoms in total. The van der Waals surface area contributed by atoms with Crippen molar-refractivity contribution in [1.82, 2.24) is 9.78 Å². The summed E-state index contributed by atoms with van der Waals surface area (Å²) in [7, 11) is 0. The Bertz CT molecular complexity index is 895. The van der Waals surface area contributed by atoms with Gasteiger partial charge < -0.3 is 0 Å². The SMILES string of the molecule is O=C1CCCCC=C1CC(=O)c1cnn(-c2ccc(F)cc2)c1C(F)(F)F. The number of alkyl halides is 3. The van der Waals surface area contributed by atoms with E-state index in [0.717, 1.165) is 36.9 Å². The van der Waals surface area contributed by atoms with Gasteiger partial charge in [0, 0.05) is 12.8 Å². The Labute approximate surface area is 152 Å². The quantitative estimate of drug-likeness (QED) is 0.572. The van der Waals surface area contributed by atoms with E-state index in [2.05, 4.69) is 5.10 Å². The van der Waals surface area contributed by atoms with Gasteiger partial charge in [-0.15, -0.1) is 0 Å². The molecule has 0 amide bonds. The summed E-state index contributed by atoms with van der Waals surface area (Å²) in [6.45, 7) is 0. The van der Waals surface area contributed by atoms with Crippen LogP contribution in [0.15, 0.2) is 42.1 Å². The minimum atomic E-state index is -4.85. The van der Waals surface area contributed by atoms with Crippen molar-refractivity contribution >= 4 is 11.6 Å². The molecular formula is C19H16F4N2O2. The fourth-order valence-electron chi connectivity index (χ4n) is 3.02. The number of hydrogen-bond donors (Lipinski definition) is 0. The van der Waals surface area contributed by atoms with Gasteiger partial charge in [0.2, 0.25) is 0 Å². The van der Waals surface area contributed by atoms with Gasteiger partial charge in [-0.25, -0.2) is 9.07 Å². The Morgan fingerprint density at radius 1 is 1.15 bits per heavy atom. The molecule has 0 N–H and O–H groups in total. The molecule has 1 aromatic heterocycles. The number of benzene rings is 1. The van der Waals surface area contributed by atoms with Crippen molar-refractivity contribution in [3.8, 4) is 5.69 Å². The van der Waals surface area contributed by atoms with Crippen LogP contribution in [0.2, 0.25) is 0 Å². The molecule has 0 unspecified atom stereocenters. The van der Waals surface area contributed by atoms with Crippen LogP contribution >= 0.6 is 0 Å². The normalized spacial score (nSPS) is 15.4. The maximum atomic E-state index is 13.6. The smallest absolute Gasteiger partial charge is 0.295 e. The molecule has 3 rings (SSSR count). The summed E-state index contributed by atoms with van der Waals surface area (Å²) in [6, 6.07) is 4.30. The number of Topliss-reactive ketones (excluding diaryl/α,β-unsaturated/α-hetero) is 2. The molecule has 0 radical (unpaired) electrons. The summed E-state index contributed by atoms with van der Waals surface area (Å²) in [4.78, 5) is 24.6. The maximum Gasteiger partial charge on any atom is 0.434 e. The first kappa shape index (κ1) is 19.0. The summed E-state index contributed by atoms with van der Waals surface area (Å²) in [5.41, 5.74) is -1.61. The first-order valence-corrected chi connectivity index (χ1v) is 8.44. The molecule has 142 valence electrons. The molecule has 1 aromatic carbocycles. The van der Waals surface area contributed by atoms with E-state index in [0.29, 0.717) is 23.9 Å². The molecule has 27 heavy (non-hydrogen) atoms. The summed E-state index contributed by atoms with van der Waals surface area (Å²) in [5.74, 6) is -1.63. The number of carbonyl (C=O) groups excluding carboxylic acids is 2. The Morgan fingerprint density at radius 3 is 2.52 bits per heavy atom. The van der Waals surface area contributed by atoms with Gasteiger partial charge in [0.15, 0.2) is 17.3 Å². The van der Waals surface area contributed by atoms with Crippen LogP contribution in [0.25, 0.3) is 5.69 Å². The minimum absolute atomic E-state index is 0.0208. The van der Waals surface area contributed by atoms with E-state index in [9.17, 15) is 27.2 Å². The lowest BCUT2D eigenvalue weighted by atomic mass is 9.99. The molecule has 0 saturated carbocycles. The predicted octanol–water partition coefficient (Wildman–Crippen LogP) is 4.67. The first-order valence-electron chi connectivity index (χ1n) is 8.44. The molecule has 0 bridgehead atoms. The number of carbonyl (C=O) groups is 2. The van der Waals surface area contributed by atoms with Crippen LogP contribution in [0.5, 0.6) is 0 Å². The summed E-state index contributed by atoms with van der Waals surface area (Å²) < 4.78 is 54.5. The van der Waals surface area contributed by atoms with Crippen LogP contribution in [0.1, 0.15) is 48.2 Å². The fraction of sp³-hybridized carbons (Fsp3) is 0.316. The van der Waals surface area contributed by atoms with Gasteiger partial charge in [-0.05, 0) is 49.1 Å². The van der Waals surface area contributed by atoms with Crippen molar-refractivity contribution in [3.05, 3.63) is 59.2 Å². The summed E-state index contributed by atoms with van der Waals surface area (Å²) in [6.07, 6.45) is -0.353. The molecule has 2 aromatic rings. The number of halogens is 4. The maximum absolute atomic E-state index is 13.6. The standard InChI is InChI=1S/C19H16F4N2O2/c20-13-6-8-14(9-7-13)25-18(19(21,22)23)15(11-24-25)17(27)10-12-4-2-1-3-5-16(12)26/h4,6-9,11H,1-3,5,10H2. The third-order valence-corrected chi connectivity index (χ3v) is 4.37. The highest BCUT2D eigenvalue weighted by atomic mass is 19.4. The fourth-order valence-corrected chi connectivity index (χ4v) is 3.02. The number of aromatic nitrogens is 2. The van der Waals surface area contributed by atoms with Crippen LogP contribution in [0, 0.1) is 5.82 Å². The zero-order valence-corrected chi connectivity index (χ0v) is 14.2. The van der Waals surface area contributed by atoms with Crippen molar-refractivity contribution in [2.24, 2.45) is 0 Å². The third-order valence-electron chi connectivity index (χ3n) is 4.37. The topological polar surface area (TPSA) is 52.0 Å². The Kier molecular flexibility index (Phi) is 5.25.